The Kier molecular flexibility index (Phi) is 1.86. The van der Waals surface area contributed by atoms with Gasteiger partial charge in [0, 0.05) is 5.92 Å². The molecule has 0 saturated heterocycles. The standard InChI is InChI=1S/C12H18O/c1-4-9-11(13)8-6-5-7-10(8)12(9,2)3/h4,8,10H,5-7H2,1-3H3/b9-4-. The van der Waals surface area contributed by atoms with Gasteiger partial charge in [-0.3, -0.25) is 4.79 Å². The predicted molar refractivity (Wildman–Crippen MR) is 53.4 cm³/mol. The monoisotopic (exact) mass is 178 g/mol. The molecule has 0 aromatic heterocycles. The number of fused-ring (bicyclic) bond motifs is 1. The van der Waals surface area contributed by atoms with Crippen LogP contribution < -0.4 is 0 Å². The van der Waals surface area contributed by atoms with Crippen molar-refractivity contribution in [3.63, 3.8) is 0 Å². The lowest BCUT2D eigenvalue weighted by Crippen LogP contribution is -2.19. The largest absolute Gasteiger partial charge is 0.294 e. The number of hydrogen-bond acceptors (Lipinski definition) is 1. The molecule has 2 aliphatic carbocycles. The predicted octanol–water partition coefficient (Wildman–Crippen LogP) is 2.96. The van der Waals surface area contributed by atoms with Crippen LogP contribution in [0.1, 0.15) is 40.0 Å². The van der Waals surface area contributed by atoms with Crippen LogP contribution in [0.3, 0.4) is 0 Å². The fourth-order valence-electron chi connectivity index (χ4n) is 3.37. The highest BCUT2D eigenvalue weighted by molar-refractivity contribution is 6.01. The zero-order chi connectivity index (χ0) is 9.64. The quantitative estimate of drug-likeness (QED) is 0.521. The first-order valence-corrected chi connectivity index (χ1v) is 5.30. The molecule has 2 unspecified atom stereocenters. The molecule has 2 aliphatic rings. The molecule has 0 aromatic carbocycles. The van der Waals surface area contributed by atoms with Crippen LogP contribution in [0.2, 0.25) is 0 Å². The molecular formula is C12H18O. The first-order valence-electron chi connectivity index (χ1n) is 5.30. The van der Waals surface area contributed by atoms with Crippen LogP contribution in [0.5, 0.6) is 0 Å². The number of allylic oxidation sites excluding steroid dienone is 2. The van der Waals surface area contributed by atoms with Gasteiger partial charge in [0.1, 0.15) is 0 Å². The van der Waals surface area contributed by atoms with Gasteiger partial charge in [-0.2, -0.15) is 0 Å². The van der Waals surface area contributed by atoms with Gasteiger partial charge in [-0.15, -0.1) is 0 Å². The molecule has 2 rings (SSSR count). The summed E-state index contributed by atoms with van der Waals surface area (Å²) in [6.07, 6.45) is 5.66. The van der Waals surface area contributed by atoms with E-state index in [2.05, 4.69) is 13.8 Å². The third-order valence-electron chi connectivity index (χ3n) is 4.03. The summed E-state index contributed by atoms with van der Waals surface area (Å²) in [5, 5.41) is 0. The molecule has 0 heterocycles. The molecule has 0 N–H and O–H groups in total. The smallest absolute Gasteiger partial charge is 0.162 e. The maximum Gasteiger partial charge on any atom is 0.162 e. The topological polar surface area (TPSA) is 17.1 Å². The molecule has 13 heavy (non-hydrogen) atoms. The van der Waals surface area contributed by atoms with Crippen LogP contribution in [0.15, 0.2) is 11.6 Å². The molecule has 72 valence electrons. The second-order valence-corrected chi connectivity index (χ2v) is 4.93. The number of Topliss-reactive ketones (excluding diaryl/α,β-unsaturated/α-hetero) is 1. The maximum atomic E-state index is 12.0. The van der Waals surface area contributed by atoms with Crippen molar-refractivity contribution in [3.05, 3.63) is 11.6 Å². The Balaban J connectivity index is 2.43. The van der Waals surface area contributed by atoms with Crippen molar-refractivity contribution in [2.24, 2.45) is 17.3 Å². The normalized spacial score (nSPS) is 39.9. The van der Waals surface area contributed by atoms with E-state index in [-0.39, 0.29) is 5.41 Å². The fraction of sp³-hybridized carbons (Fsp3) is 0.750. The molecule has 2 fully saturated rings. The minimum absolute atomic E-state index is 0.146. The van der Waals surface area contributed by atoms with E-state index in [4.69, 9.17) is 0 Å². The van der Waals surface area contributed by atoms with E-state index in [0.717, 1.165) is 12.0 Å². The molecule has 2 saturated carbocycles. The molecule has 0 radical (unpaired) electrons. The van der Waals surface area contributed by atoms with E-state index in [0.29, 0.717) is 17.6 Å². The summed E-state index contributed by atoms with van der Waals surface area (Å²) < 4.78 is 0. The Morgan fingerprint density at radius 2 is 2.08 bits per heavy atom. The number of carbonyl (C=O) groups excluding carboxylic acids is 1. The Labute approximate surface area is 80.2 Å². The van der Waals surface area contributed by atoms with Crippen molar-refractivity contribution in [3.8, 4) is 0 Å². The maximum absolute atomic E-state index is 12.0. The zero-order valence-corrected chi connectivity index (χ0v) is 8.76. The Hall–Kier alpha value is -0.590. The van der Waals surface area contributed by atoms with E-state index in [1.807, 2.05) is 13.0 Å². The number of rotatable bonds is 0. The lowest BCUT2D eigenvalue weighted by molar-refractivity contribution is -0.118. The number of carbonyl (C=O) groups is 1. The van der Waals surface area contributed by atoms with Gasteiger partial charge in [0.15, 0.2) is 5.78 Å². The van der Waals surface area contributed by atoms with Gasteiger partial charge in [-0.05, 0) is 36.7 Å². The van der Waals surface area contributed by atoms with Gasteiger partial charge in [0.25, 0.3) is 0 Å². The molecule has 1 heteroatoms. The summed E-state index contributed by atoms with van der Waals surface area (Å²) in [4.78, 5) is 12.0. The van der Waals surface area contributed by atoms with E-state index in [1.54, 1.807) is 0 Å². The summed E-state index contributed by atoms with van der Waals surface area (Å²) in [7, 11) is 0. The summed E-state index contributed by atoms with van der Waals surface area (Å²) in [6, 6.07) is 0. The minimum atomic E-state index is 0.146. The van der Waals surface area contributed by atoms with Crippen LogP contribution in [0.4, 0.5) is 0 Å². The first kappa shape index (κ1) is 8.98. The summed E-state index contributed by atoms with van der Waals surface area (Å²) in [6.45, 7) is 6.46. The van der Waals surface area contributed by atoms with E-state index >= 15 is 0 Å². The highest BCUT2D eigenvalue weighted by Gasteiger charge is 2.52. The fourth-order valence-corrected chi connectivity index (χ4v) is 3.37. The third-order valence-corrected chi connectivity index (χ3v) is 4.03. The summed E-state index contributed by atoms with van der Waals surface area (Å²) >= 11 is 0. The minimum Gasteiger partial charge on any atom is -0.294 e. The second kappa shape index (κ2) is 2.70. The first-order chi connectivity index (χ1) is 6.09. The van der Waals surface area contributed by atoms with E-state index in [1.165, 1.54) is 12.8 Å². The average molecular weight is 178 g/mol. The van der Waals surface area contributed by atoms with Crippen molar-refractivity contribution < 1.29 is 4.79 Å². The average Bonchev–Trinajstić information content (AvgIpc) is 2.57. The van der Waals surface area contributed by atoms with Gasteiger partial charge < -0.3 is 0 Å². The summed E-state index contributed by atoms with van der Waals surface area (Å²) in [5.41, 5.74) is 1.23. The van der Waals surface area contributed by atoms with Crippen molar-refractivity contribution in [1.82, 2.24) is 0 Å². The Bertz CT molecular complexity index is 273. The van der Waals surface area contributed by atoms with Crippen LogP contribution >= 0.6 is 0 Å². The third kappa shape index (κ3) is 1.02. The van der Waals surface area contributed by atoms with Crippen molar-refractivity contribution in [1.29, 1.82) is 0 Å². The highest BCUT2D eigenvalue weighted by Crippen LogP contribution is 2.55. The molecular weight excluding hydrogens is 160 g/mol. The van der Waals surface area contributed by atoms with E-state index in [9.17, 15) is 4.79 Å². The van der Waals surface area contributed by atoms with Gasteiger partial charge in [-0.25, -0.2) is 0 Å². The lowest BCUT2D eigenvalue weighted by Gasteiger charge is -2.26. The molecule has 2 atom stereocenters. The van der Waals surface area contributed by atoms with Crippen LogP contribution in [-0.4, -0.2) is 5.78 Å². The van der Waals surface area contributed by atoms with Gasteiger partial charge >= 0.3 is 0 Å². The SMILES string of the molecule is C/C=C1/C(=O)C2CCCC2C1(C)C. The van der Waals surface area contributed by atoms with Crippen molar-refractivity contribution in [2.45, 2.75) is 40.0 Å². The Morgan fingerprint density at radius 3 is 2.62 bits per heavy atom. The Morgan fingerprint density at radius 1 is 1.38 bits per heavy atom. The van der Waals surface area contributed by atoms with Crippen LogP contribution in [0, 0.1) is 17.3 Å². The van der Waals surface area contributed by atoms with E-state index < -0.39 is 0 Å². The lowest BCUT2D eigenvalue weighted by atomic mass is 9.77. The molecule has 0 amide bonds. The van der Waals surface area contributed by atoms with Gasteiger partial charge in [0.2, 0.25) is 0 Å². The molecule has 1 nitrogen and oxygen atoms in total. The molecule has 0 bridgehead atoms. The zero-order valence-electron chi connectivity index (χ0n) is 8.76. The van der Waals surface area contributed by atoms with Crippen LogP contribution in [0.25, 0.3) is 0 Å². The molecule has 0 aliphatic heterocycles. The van der Waals surface area contributed by atoms with Gasteiger partial charge in [0.05, 0.1) is 0 Å². The number of ketones is 1. The van der Waals surface area contributed by atoms with Gasteiger partial charge in [-0.1, -0.05) is 26.3 Å². The van der Waals surface area contributed by atoms with Crippen molar-refractivity contribution >= 4 is 5.78 Å². The van der Waals surface area contributed by atoms with Crippen LogP contribution in [-0.2, 0) is 4.79 Å². The van der Waals surface area contributed by atoms with Crippen molar-refractivity contribution in [2.75, 3.05) is 0 Å². The molecule has 0 spiro atoms. The molecule has 0 aromatic rings. The number of hydrogen-bond donors (Lipinski definition) is 0. The second-order valence-electron chi connectivity index (χ2n) is 4.93. The highest BCUT2D eigenvalue weighted by atomic mass is 16.1. The summed E-state index contributed by atoms with van der Waals surface area (Å²) in [5.74, 6) is 1.43.